The van der Waals surface area contributed by atoms with Crippen LogP contribution >= 0.6 is 0 Å². The first-order chi connectivity index (χ1) is 14.9. The predicted octanol–water partition coefficient (Wildman–Crippen LogP) is 4.80. The van der Waals surface area contributed by atoms with Gasteiger partial charge in [-0.15, -0.1) is 0 Å². The number of allylic oxidation sites excluding steroid dienone is 2. The van der Waals surface area contributed by atoms with Gasteiger partial charge in [-0.05, 0) is 106 Å². The van der Waals surface area contributed by atoms with E-state index in [9.17, 15) is 19.8 Å². The monoisotopic (exact) mass is 443 g/mol. The number of carboxylic acid groups (broad SMARTS) is 1. The summed E-state index contributed by atoms with van der Waals surface area (Å²) in [4.78, 5) is 27.3. The van der Waals surface area contributed by atoms with Crippen LogP contribution in [0.25, 0.3) is 0 Å². The maximum atomic E-state index is 13.7. The van der Waals surface area contributed by atoms with Crippen molar-refractivity contribution in [3.63, 3.8) is 0 Å². The van der Waals surface area contributed by atoms with Crippen LogP contribution in [0, 0.1) is 34.5 Å². The van der Waals surface area contributed by atoms with Crippen molar-refractivity contribution in [1.29, 1.82) is 0 Å². The molecule has 5 unspecified atom stereocenters. The van der Waals surface area contributed by atoms with E-state index in [4.69, 9.17) is 0 Å². The van der Waals surface area contributed by atoms with Gasteiger partial charge in [0, 0.05) is 23.6 Å². The molecule has 7 atom stereocenters. The summed E-state index contributed by atoms with van der Waals surface area (Å²) in [5.41, 5.74) is 1.29. The highest BCUT2D eigenvalue weighted by atomic mass is 16.4. The van der Waals surface area contributed by atoms with Gasteiger partial charge >= 0.3 is 5.97 Å². The van der Waals surface area contributed by atoms with E-state index in [1.165, 1.54) is 0 Å². The summed E-state index contributed by atoms with van der Waals surface area (Å²) in [5, 5.41) is 20.8. The van der Waals surface area contributed by atoms with Crippen molar-refractivity contribution in [2.75, 3.05) is 0 Å². The predicted molar refractivity (Wildman–Crippen MR) is 125 cm³/mol. The van der Waals surface area contributed by atoms with Crippen LogP contribution < -0.4 is 0 Å². The van der Waals surface area contributed by atoms with Gasteiger partial charge in [0.25, 0.3) is 0 Å². The number of aliphatic hydroxyl groups is 1. The third-order valence-corrected chi connectivity index (χ3v) is 9.74. The molecule has 2 saturated carbocycles. The molecule has 178 valence electrons. The molecule has 0 bridgehead atoms. The lowest BCUT2D eigenvalue weighted by molar-refractivity contribution is -0.148. The molecule has 0 aromatic rings. The Labute approximate surface area is 192 Å². The fourth-order valence-electron chi connectivity index (χ4n) is 8.17. The first-order valence-corrected chi connectivity index (χ1v) is 12.6. The fraction of sp³-hybridized carbons (Fsp3) is 0.778. The van der Waals surface area contributed by atoms with Gasteiger partial charge < -0.3 is 15.1 Å². The van der Waals surface area contributed by atoms with Gasteiger partial charge in [-0.1, -0.05) is 19.9 Å². The molecule has 4 aliphatic carbocycles. The molecule has 1 amide bonds. The average molecular weight is 444 g/mol. The summed E-state index contributed by atoms with van der Waals surface area (Å²) in [6.45, 7) is 13.0. The smallest absolute Gasteiger partial charge is 0.331 e. The zero-order chi connectivity index (χ0) is 23.6. The Hall–Kier alpha value is -1.62. The zero-order valence-electron chi connectivity index (χ0n) is 20.6. The summed E-state index contributed by atoms with van der Waals surface area (Å²) in [7, 11) is 0. The maximum absolute atomic E-state index is 13.7. The van der Waals surface area contributed by atoms with Gasteiger partial charge in [-0.2, -0.15) is 0 Å². The number of carboxylic acids is 1. The molecule has 5 nitrogen and oxygen atoms in total. The Morgan fingerprint density at radius 1 is 1.03 bits per heavy atom. The lowest BCUT2D eigenvalue weighted by Gasteiger charge is -2.58. The van der Waals surface area contributed by atoms with E-state index in [1.54, 1.807) is 0 Å². The van der Waals surface area contributed by atoms with Crippen molar-refractivity contribution in [2.24, 2.45) is 34.5 Å². The molecular weight excluding hydrogens is 402 g/mol. The van der Waals surface area contributed by atoms with E-state index in [2.05, 4.69) is 46.4 Å². The first kappa shape index (κ1) is 23.5. The van der Waals surface area contributed by atoms with Crippen LogP contribution in [0.2, 0.25) is 0 Å². The van der Waals surface area contributed by atoms with E-state index < -0.39 is 12.1 Å². The van der Waals surface area contributed by atoms with Crippen LogP contribution in [0.1, 0.15) is 80.1 Å². The number of carbonyl (C=O) groups excluding carboxylic acids is 1. The van der Waals surface area contributed by atoms with Crippen molar-refractivity contribution in [3.8, 4) is 0 Å². The van der Waals surface area contributed by atoms with Crippen molar-refractivity contribution in [1.82, 2.24) is 4.90 Å². The Bertz CT molecular complexity index is 850. The summed E-state index contributed by atoms with van der Waals surface area (Å²) in [6, 6.07) is 0.368. The van der Waals surface area contributed by atoms with E-state index in [1.807, 2.05) is 12.2 Å². The van der Waals surface area contributed by atoms with Gasteiger partial charge in [-0.3, -0.25) is 4.79 Å². The highest BCUT2D eigenvalue weighted by Crippen LogP contribution is 2.66. The van der Waals surface area contributed by atoms with Gasteiger partial charge in [0.05, 0.1) is 6.10 Å². The van der Waals surface area contributed by atoms with Crippen LogP contribution in [-0.2, 0) is 9.59 Å². The standard InChI is InChI=1S/C27H41NO4/c1-15(2)28(16(3)4)24(30)21-8-7-19-23-20(10-12-27(19,21)6)26(5)11-9-17(25(31)32)13-18(26)14-22(23)29/h13-16,19-23,29H,7-12H2,1-6H3,(H,31,32)/t19?,20?,21-,22+,23?,26?,27?/m1/s1. The Balaban J connectivity index is 1.66. The van der Waals surface area contributed by atoms with E-state index in [0.29, 0.717) is 23.8 Å². The van der Waals surface area contributed by atoms with E-state index in [0.717, 1.165) is 37.7 Å². The molecule has 2 N–H and O–H groups in total. The fourth-order valence-corrected chi connectivity index (χ4v) is 8.17. The molecule has 2 fully saturated rings. The third-order valence-electron chi connectivity index (χ3n) is 9.74. The number of rotatable bonds is 4. The molecule has 0 spiro atoms. The highest BCUT2D eigenvalue weighted by Gasteiger charge is 2.62. The number of nitrogens with zero attached hydrogens (tertiary/aromatic N) is 1. The van der Waals surface area contributed by atoms with E-state index in [-0.39, 0.29) is 40.7 Å². The second-order valence-corrected chi connectivity index (χ2v) is 11.9. The van der Waals surface area contributed by atoms with Crippen LogP contribution in [0.4, 0.5) is 0 Å². The van der Waals surface area contributed by atoms with Crippen LogP contribution in [0.3, 0.4) is 0 Å². The second kappa shape index (κ2) is 8.00. The van der Waals surface area contributed by atoms with Crippen LogP contribution in [0.5, 0.6) is 0 Å². The molecule has 0 aromatic carbocycles. The average Bonchev–Trinajstić information content (AvgIpc) is 3.04. The summed E-state index contributed by atoms with van der Waals surface area (Å²) >= 11 is 0. The largest absolute Gasteiger partial charge is 0.478 e. The minimum atomic E-state index is -0.849. The first-order valence-electron chi connectivity index (χ1n) is 12.6. The van der Waals surface area contributed by atoms with E-state index >= 15 is 0 Å². The summed E-state index contributed by atoms with van der Waals surface area (Å²) < 4.78 is 0. The SMILES string of the molecule is CC(C)N(C(=O)[C@H]1CCC2C3C(CCC21C)C1(C)CCC(C(=O)O)=CC1=C[C@@H]3O)C(C)C. The quantitative estimate of drug-likeness (QED) is 0.654. The number of hydrogen-bond acceptors (Lipinski definition) is 3. The number of hydrogen-bond donors (Lipinski definition) is 2. The molecular formula is C27H41NO4. The van der Waals surface area contributed by atoms with Crippen molar-refractivity contribution >= 4 is 11.9 Å². The molecule has 0 radical (unpaired) electrons. The molecule has 4 aliphatic rings. The third kappa shape index (κ3) is 3.38. The number of amides is 1. The number of aliphatic hydroxyl groups excluding tert-OH is 1. The molecule has 0 saturated heterocycles. The minimum absolute atomic E-state index is 0.0218. The van der Waals surface area contributed by atoms with Gasteiger partial charge in [0.2, 0.25) is 5.91 Å². The van der Waals surface area contributed by atoms with Gasteiger partial charge in [0.15, 0.2) is 0 Å². The number of fused-ring (bicyclic) bond motifs is 5. The molecule has 32 heavy (non-hydrogen) atoms. The Morgan fingerprint density at radius 2 is 1.69 bits per heavy atom. The summed E-state index contributed by atoms with van der Waals surface area (Å²) in [6.07, 6.45) is 8.50. The van der Waals surface area contributed by atoms with Crippen molar-refractivity contribution in [3.05, 3.63) is 23.3 Å². The highest BCUT2D eigenvalue weighted by molar-refractivity contribution is 5.87. The van der Waals surface area contributed by atoms with Crippen LogP contribution in [-0.4, -0.2) is 45.2 Å². The lowest BCUT2D eigenvalue weighted by atomic mass is 9.47. The zero-order valence-corrected chi connectivity index (χ0v) is 20.6. The Morgan fingerprint density at radius 3 is 2.28 bits per heavy atom. The topological polar surface area (TPSA) is 77.8 Å². The number of carbonyl (C=O) groups is 2. The maximum Gasteiger partial charge on any atom is 0.331 e. The number of aliphatic carboxylic acids is 1. The van der Waals surface area contributed by atoms with Crippen molar-refractivity contribution in [2.45, 2.75) is 98.3 Å². The Kier molecular flexibility index (Phi) is 5.89. The minimum Gasteiger partial charge on any atom is -0.478 e. The van der Waals surface area contributed by atoms with Crippen LogP contribution in [0.15, 0.2) is 23.3 Å². The molecule has 0 heterocycles. The molecule has 0 aliphatic heterocycles. The molecule has 0 aromatic heterocycles. The van der Waals surface area contributed by atoms with Crippen molar-refractivity contribution < 1.29 is 19.8 Å². The normalized spacial score (nSPS) is 40.8. The second-order valence-electron chi connectivity index (χ2n) is 11.9. The molecule has 4 rings (SSSR count). The lowest BCUT2D eigenvalue weighted by Crippen LogP contribution is -2.55. The molecule has 5 heteroatoms. The van der Waals surface area contributed by atoms with Gasteiger partial charge in [-0.25, -0.2) is 4.79 Å². The van der Waals surface area contributed by atoms with Gasteiger partial charge in [0.1, 0.15) is 0 Å². The summed E-state index contributed by atoms with van der Waals surface area (Å²) in [5.74, 6) is 0.268.